The Balaban J connectivity index is 2.17. The maximum Gasteiger partial charge on any atom is 0.287 e. The number of nitrogens with zero attached hydrogens (tertiary/aromatic N) is 4. The summed E-state index contributed by atoms with van der Waals surface area (Å²) in [5.41, 5.74) is 0.434. The molecule has 1 aliphatic rings. The molecular formula is C14H23ClN4O2. The number of aryl methyl sites for hydroxylation is 1. The van der Waals surface area contributed by atoms with Crippen LogP contribution in [0, 0.1) is 0 Å². The third-order valence-electron chi connectivity index (χ3n) is 3.98. The van der Waals surface area contributed by atoms with Crippen molar-refractivity contribution in [2.75, 3.05) is 31.1 Å². The van der Waals surface area contributed by atoms with Gasteiger partial charge in [-0.2, -0.15) is 5.10 Å². The van der Waals surface area contributed by atoms with Crippen LogP contribution in [0.1, 0.15) is 20.3 Å². The van der Waals surface area contributed by atoms with Crippen LogP contribution < -0.4 is 10.5 Å². The van der Waals surface area contributed by atoms with Crippen LogP contribution in [0.15, 0.2) is 11.0 Å². The highest BCUT2D eigenvalue weighted by Crippen LogP contribution is 2.24. The molecule has 0 amide bonds. The maximum atomic E-state index is 11.9. The summed E-state index contributed by atoms with van der Waals surface area (Å²) in [6.45, 7) is 7.02. The minimum absolute atomic E-state index is 0.228. The molecule has 0 saturated carbocycles. The van der Waals surface area contributed by atoms with E-state index < -0.39 is 0 Å². The normalized spacial score (nSPS) is 21.6. The molecule has 1 aromatic heterocycles. The van der Waals surface area contributed by atoms with Gasteiger partial charge in [-0.25, -0.2) is 4.68 Å². The van der Waals surface area contributed by atoms with Crippen molar-refractivity contribution in [3.63, 3.8) is 0 Å². The van der Waals surface area contributed by atoms with Gasteiger partial charge in [0, 0.05) is 39.3 Å². The fourth-order valence-electron chi connectivity index (χ4n) is 2.80. The number of rotatable bonds is 4. The number of aliphatic hydroxyl groups is 1. The second kappa shape index (κ2) is 6.77. The summed E-state index contributed by atoms with van der Waals surface area (Å²) in [4.78, 5) is 16.3. The van der Waals surface area contributed by atoms with E-state index in [2.05, 4.69) is 21.8 Å². The molecule has 0 bridgehead atoms. The highest BCUT2D eigenvalue weighted by molar-refractivity contribution is 6.33. The van der Waals surface area contributed by atoms with Crippen molar-refractivity contribution in [2.45, 2.75) is 32.4 Å². The maximum absolute atomic E-state index is 11.9. The molecule has 7 heteroatoms. The summed E-state index contributed by atoms with van der Waals surface area (Å²) in [7, 11) is 1.59. The second-order valence-electron chi connectivity index (χ2n) is 5.62. The van der Waals surface area contributed by atoms with Crippen LogP contribution in [0.3, 0.4) is 0 Å². The van der Waals surface area contributed by atoms with Crippen LogP contribution in [0.4, 0.5) is 5.69 Å². The minimum atomic E-state index is -0.333. The van der Waals surface area contributed by atoms with Crippen molar-refractivity contribution in [1.82, 2.24) is 14.7 Å². The van der Waals surface area contributed by atoms with Crippen molar-refractivity contribution < 1.29 is 5.11 Å². The molecule has 2 atom stereocenters. The molecule has 21 heavy (non-hydrogen) atoms. The first-order chi connectivity index (χ1) is 9.93. The number of piperazine rings is 1. The zero-order valence-electron chi connectivity index (χ0n) is 12.8. The van der Waals surface area contributed by atoms with Crippen molar-refractivity contribution in [2.24, 2.45) is 7.05 Å². The van der Waals surface area contributed by atoms with Gasteiger partial charge in [0.25, 0.3) is 5.56 Å². The SMILES string of the molecule is CCC1CN(c2cnn(C)c(=O)c2Cl)CCN1CC(C)O. The highest BCUT2D eigenvalue weighted by Gasteiger charge is 2.28. The summed E-state index contributed by atoms with van der Waals surface area (Å²) in [6.07, 6.45) is 2.31. The van der Waals surface area contributed by atoms with E-state index in [0.29, 0.717) is 18.3 Å². The van der Waals surface area contributed by atoms with Crippen molar-refractivity contribution in [1.29, 1.82) is 0 Å². The highest BCUT2D eigenvalue weighted by atomic mass is 35.5. The molecule has 1 fully saturated rings. The molecule has 1 aliphatic heterocycles. The lowest BCUT2D eigenvalue weighted by Gasteiger charge is -2.42. The number of hydrogen-bond donors (Lipinski definition) is 1. The van der Waals surface area contributed by atoms with E-state index in [1.165, 1.54) is 4.68 Å². The minimum Gasteiger partial charge on any atom is -0.392 e. The Morgan fingerprint density at radius 3 is 2.86 bits per heavy atom. The summed E-state index contributed by atoms with van der Waals surface area (Å²) in [5.74, 6) is 0. The average molecular weight is 315 g/mol. The van der Waals surface area contributed by atoms with Gasteiger partial charge in [-0.05, 0) is 13.3 Å². The number of anilines is 1. The number of hydrogen-bond acceptors (Lipinski definition) is 5. The summed E-state index contributed by atoms with van der Waals surface area (Å²) in [5, 5.41) is 13.9. The van der Waals surface area contributed by atoms with E-state index in [-0.39, 0.29) is 16.7 Å². The summed E-state index contributed by atoms with van der Waals surface area (Å²) < 4.78 is 1.24. The molecule has 118 valence electrons. The van der Waals surface area contributed by atoms with Gasteiger partial charge in [0.15, 0.2) is 0 Å². The van der Waals surface area contributed by atoms with Crippen LogP contribution in [-0.2, 0) is 7.05 Å². The summed E-state index contributed by atoms with van der Waals surface area (Å²) in [6, 6.07) is 0.341. The Bertz CT molecular complexity index is 546. The largest absolute Gasteiger partial charge is 0.392 e. The van der Waals surface area contributed by atoms with Crippen molar-refractivity contribution >= 4 is 17.3 Å². The van der Waals surface area contributed by atoms with Gasteiger partial charge in [-0.1, -0.05) is 18.5 Å². The molecule has 1 aromatic rings. The number of aliphatic hydroxyl groups excluding tert-OH is 1. The first kappa shape index (κ1) is 16.3. The van der Waals surface area contributed by atoms with E-state index >= 15 is 0 Å². The van der Waals surface area contributed by atoms with Gasteiger partial charge in [-0.3, -0.25) is 9.69 Å². The van der Waals surface area contributed by atoms with E-state index in [0.717, 1.165) is 26.1 Å². The molecule has 1 saturated heterocycles. The standard InChI is InChI=1S/C14H23ClN4O2/c1-4-11-9-19(6-5-18(11)8-10(2)20)12-7-16-17(3)14(21)13(12)15/h7,10-11,20H,4-6,8-9H2,1-3H3. The topological polar surface area (TPSA) is 61.6 Å². The van der Waals surface area contributed by atoms with Gasteiger partial charge in [0.05, 0.1) is 18.0 Å². The lowest BCUT2D eigenvalue weighted by molar-refractivity contribution is 0.0885. The molecule has 2 heterocycles. The fraction of sp³-hybridized carbons (Fsp3) is 0.714. The van der Waals surface area contributed by atoms with Crippen LogP contribution in [0.25, 0.3) is 0 Å². The van der Waals surface area contributed by atoms with E-state index in [1.807, 2.05) is 0 Å². The van der Waals surface area contributed by atoms with Crippen LogP contribution in [0.5, 0.6) is 0 Å². The van der Waals surface area contributed by atoms with Gasteiger partial charge < -0.3 is 10.0 Å². The molecule has 2 rings (SSSR count). The van der Waals surface area contributed by atoms with Gasteiger partial charge in [0.2, 0.25) is 0 Å². The third-order valence-corrected chi connectivity index (χ3v) is 4.33. The third kappa shape index (κ3) is 3.56. The zero-order chi connectivity index (χ0) is 15.6. The average Bonchev–Trinajstić information content (AvgIpc) is 2.45. The molecular weight excluding hydrogens is 292 g/mol. The van der Waals surface area contributed by atoms with Crippen LogP contribution >= 0.6 is 11.6 Å². The molecule has 0 spiro atoms. The molecule has 0 aromatic carbocycles. The monoisotopic (exact) mass is 314 g/mol. The van der Waals surface area contributed by atoms with Gasteiger partial charge in [0.1, 0.15) is 5.02 Å². The summed E-state index contributed by atoms with van der Waals surface area (Å²) >= 11 is 6.17. The molecule has 0 radical (unpaired) electrons. The second-order valence-corrected chi connectivity index (χ2v) is 6.00. The number of aromatic nitrogens is 2. The van der Waals surface area contributed by atoms with Gasteiger partial charge in [-0.15, -0.1) is 0 Å². The Morgan fingerprint density at radius 2 is 2.24 bits per heavy atom. The van der Waals surface area contributed by atoms with E-state index in [1.54, 1.807) is 20.2 Å². The van der Waals surface area contributed by atoms with Crippen LogP contribution in [0.2, 0.25) is 5.02 Å². The van der Waals surface area contributed by atoms with E-state index in [4.69, 9.17) is 11.6 Å². The van der Waals surface area contributed by atoms with Gasteiger partial charge >= 0.3 is 0 Å². The smallest absolute Gasteiger partial charge is 0.287 e. The Morgan fingerprint density at radius 1 is 1.52 bits per heavy atom. The molecule has 1 N–H and O–H groups in total. The Labute approximate surface area is 129 Å². The quantitative estimate of drug-likeness (QED) is 0.887. The Hall–Kier alpha value is -1.11. The zero-order valence-corrected chi connectivity index (χ0v) is 13.5. The first-order valence-electron chi connectivity index (χ1n) is 7.32. The lowest BCUT2D eigenvalue weighted by Crippen LogP contribution is -2.54. The lowest BCUT2D eigenvalue weighted by atomic mass is 10.1. The van der Waals surface area contributed by atoms with Crippen molar-refractivity contribution in [3.05, 3.63) is 21.6 Å². The predicted octanol–water partition coefficient (Wildman–Crippen LogP) is 0.715. The molecule has 6 nitrogen and oxygen atoms in total. The Kier molecular flexibility index (Phi) is 5.24. The van der Waals surface area contributed by atoms with Crippen LogP contribution in [-0.4, -0.2) is 58.1 Å². The number of halogens is 1. The molecule has 0 aliphatic carbocycles. The fourth-order valence-corrected chi connectivity index (χ4v) is 3.09. The first-order valence-corrected chi connectivity index (χ1v) is 7.70. The molecule has 2 unspecified atom stereocenters. The van der Waals surface area contributed by atoms with Crippen molar-refractivity contribution in [3.8, 4) is 0 Å². The number of β-amino-alcohol motifs (C(OH)–C–C–N with tert-alkyl or cyclic N) is 1. The van der Waals surface area contributed by atoms with E-state index in [9.17, 15) is 9.90 Å². The predicted molar refractivity (Wildman–Crippen MR) is 84.0 cm³/mol.